The van der Waals surface area contributed by atoms with E-state index in [1.165, 1.54) is 0 Å². The summed E-state index contributed by atoms with van der Waals surface area (Å²) in [6.45, 7) is 0.557. The van der Waals surface area contributed by atoms with Gasteiger partial charge in [0.05, 0.1) is 14.2 Å². The topological polar surface area (TPSA) is 54.9 Å². The van der Waals surface area contributed by atoms with Crippen molar-refractivity contribution in [2.75, 3.05) is 21.3 Å². The molecule has 2 rings (SSSR count). The first kappa shape index (κ1) is 21.9. The maximum atomic E-state index is 13.6. The number of benzene rings is 2. The summed E-state index contributed by atoms with van der Waals surface area (Å²) < 4.78 is 37.4. The van der Waals surface area contributed by atoms with Crippen LogP contribution in [0, 0.1) is 11.6 Å². The molecule has 2 N–H and O–H groups in total. The van der Waals surface area contributed by atoms with Crippen molar-refractivity contribution in [1.29, 1.82) is 0 Å². The van der Waals surface area contributed by atoms with Gasteiger partial charge in [-0.25, -0.2) is 8.78 Å². The van der Waals surface area contributed by atoms with Crippen molar-refractivity contribution in [3.8, 4) is 11.5 Å². The Hall–Kier alpha value is -2.10. The first-order chi connectivity index (χ1) is 12.1. The summed E-state index contributed by atoms with van der Waals surface area (Å²) in [6.07, 6.45) is 0. The number of halogens is 3. The fourth-order valence-electron chi connectivity index (χ4n) is 2.26. The fraction of sp³-hybridized carbons (Fsp3) is 0.278. The highest BCUT2D eigenvalue weighted by molar-refractivity contribution is 14.0. The molecule has 0 aliphatic rings. The minimum absolute atomic E-state index is 0. The molecule has 0 saturated heterocycles. The van der Waals surface area contributed by atoms with E-state index in [2.05, 4.69) is 15.6 Å². The van der Waals surface area contributed by atoms with Gasteiger partial charge in [-0.1, -0.05) is 0 Å². The molecule has 0 bridgehead atoms. The molecule has 0 heterocycles. The SMILES string of the molecule is CN=C(NCc1cc(F)ccc1F)NCc1ccc(OC)cc1OC.I. The molecule has 0 atom stereocenters. The van der Waals surface area contributed by atoms with E-state index in [9.17, 15) is 8.78 Å². The third-order valence-electron chi connectivity index (χ3n) is 3.62. The Labute approximate surface area is 168 Å². The molecule has 5 nitrogen and oxygen atoms in total. The molecule has 0 unspecified atom stereocenters. The van der Waals surface area contributed by atoms with Crippen molar-refractivity contribution in [1.82, 2.24) is 10.6 Å². The van der Waals surface area contributed by atoms with E-state index in [0.717, 1.165) is 23.8 Å². The summed E-state index contributed by atoms with van der Waals surface area (Å²) in [5.74, 6) is 0.884. The second kappa shape index (κ2) is 10.8. The van der Waals surface area contributed by atoms with Gasteiger partial charge in [-0.3, -0.25) is 4.99 Å². The molecule has 8 heteroatoms. The van der Waals surface area contributed by atoms with Gasteiger partial charge in [-0.05, 0) is 30.3 Å². The lowest BCUT2D eigenvalue weighted by Crippen LogP contribution is -2.36. The van der Waals surface area contributed by atoms with Crippen molar-refractivity contribution < 1.29 is 18.3 Å². The zero-order valence-corrected chi connectivity index (χ0v) is 17.1. The predicted octanol–water partition coefficient (Wildman–Crippen LogP) is 3.47. The van der Waals surface area contributed by atoms with Crippen LogP contribution in [0.4, 0.5) is 8.78 Å². The molecular formula is C18H22F2IN3O2. The standard InChI is InChI=1S/C18H21F2N3O2.HI/c1-21-18(23-11-13-8-14(19)5-7-16(13)20)22-10-12-4-6-15(24-2)9-17(12)25-3;/h4-9H,10-11H2,1-3H3,(H2,21,22,23);1H. The predicted molar refractivity (Wildman–Crippen MR) is 108 cm³/mol. The number of guanidine groups is 1. The third-order valence-corrected chi connectivity index (χ3v) is 3.62. The van der Waals surface area contributed by atoms with E-state index >= 15 is 0 Å². The molecule has 0 aliphatic carbocycles. The fourth-order valence-corrected chi connectivity index (χ4v) is 2.26. The van der Waals surface area contributed by atoms with Gasteiger partial charge in [-0.2, -0.15) is 0 Å². The van der Waals surface area contributed by atoms with Gasteiger partial charge < -0.3 is 20.1 Å². The highest BCUT2D eigenvalue weighted by Crippen LogP contribution is 2.24. The third kappa shape index (κ3) is 6.01. The molecule has 0 spiro atoms. The quantitative estimate of drug-likeness (QED) is 0.380. The van der Waals surface area contributed by atoms with Crippen molar-refractivity contribution in [2.45, 2.75) is 13.1 Å². The molecule has 2 aromatic carbocycles. The van der Waals surface area contributed by atoms with E-state index in [-0.39, 0.29) is 36.1 Å². The van der Waals surface area contributed by atoms with Crippen LogP contribution in [-0.4, -0.2) is 27.2 Å². The lowest BCUT2D eigenvalue weighted by Gasteiger charge is -2.14. The van der Waals surface area contributed by atoms with Gasteiger partial charge >= 0.3 is 0 Å². The van der Waals surface area contributed by atoms with Crippen molar-refractivity contribution >= 4 is 29.9 Å². The van der Waals surface area contributed by atoms with Crippen LogP contribution in [0.1, 0.15) is 11.1 Å². The number of hydrogen-bond acceptors (Lipinski definition) is 3. The zero-order valence-electron chi connectivity index (χ0n) is 14.8. The van der Waals surface area contributed by atoms with Crippen LogP contribution in [0.5, 0.6) is 11.5 Å². The second-order valence-electron chi connectivity index (χ2n) is 5.19. The minimum atomic E-state index is -0.482. The Morgan fingerprint density at radius 2 is 1.65 bits per heavy atom. The number of methoxy groups -OCH3 is 2. The molecule has 0 amide bonds. The smallest absolute Gasteiger partial charge is 0.191 e. The molecule has 142 valence electrons. The van der Waals surface area contributed by atoms with Crippen LogP contribution in [-0.2, 0) is 13.1 Å². The second-order valence-corrected chi connectivity index (χ2v) is 5.19. The number of nitrogens with one attached hydrogen (secondary N) is 2. The molecule has 0 fully saturated rings. The summed E-state index contributed by atoms with van der Waals surface area (Å²) >= 11 is 0. The van der Waals surface area contributed by atoms with E-state index in [4.69, 9.17) is 9.47 Å². The molecule has 0 aromatic heterocycles. The molecule has 26 heavy (non-hydrogen) atoms. The van der Waals surface area contributed by atoms with E-state index in [1.807, 2.05) is 12.1 Å². The van der Waals surface area contributed by atoms with E-state index in [1.54, 1.807) is 27.3 Å². The Morgan fingerprint density at radius 3 is 2.27 bits per heavy atom. The Morgan fingerprint density at radius 1 is 0.962 bits per heavy atom. The van der Waals surface area contributed by atoms with Gasteiger partial charge in [0.25, 0.3) is 0 Å². The largest absolute Gasteiger partial charge is 0.497 e. The summed E-state index contributed by atoms with van der Waals surface area (Å²) in [4.78, 5) is 4.07. The Bertz CT molecular complexity index is 757. The van der Waals surface area contributed by atoms with Crippen LogP contribution in [0.2, 0.25) is 0 Å². The van der Waals surface area contributed by atoms with Gasteiger partial charge in [0, 0.05) is 37.3 Å². The number of rotatable bonds is 6. The Kier molecular flexibility index (Phi) is 9.11. The number of aliphatic imine (C=N–C) groups is 1. The van der Waals surface area contributed by atoms with Gasteiger partial charge in [0.15, 0.2) is 5.96 Å². The van der Waals surface area contributed by atoms with Gasteiger partial charge in [0.1, 0.15) is 23.1 Å². The van der Waals surface area contributed by atoms with Crippen molar-refractivity contribution in [2.24, 2.45) is 4.99 Å². The molecule has 0 radical (unpaired) electrons. The number of hydrogen-bond donors (Lipinski definition) is 2. The molecule has 0 aliphatic heterocycles. The number of nitrogens with zero attached hydrogens (tertiary/aromatic N) is 1. The molecular weight excluding hydrogens is 455 g/mol. The van der Waals surface area contributed by atoms with Crippen LogP contribution in [0.25, 0.3) is 0 Å². The average molecular weight is 477 g/mol. The van der Waals surface area contributed by atoms with Crippen LogP contribution < -0.4 is 20.1 Å². The first-order valence-corrected chi connectivity index (χ1v) is 7.66. The van der Waals surface area contributed by atoms with E-state index < -0.39 is 11.6 Å². The summed E-state index contributed by atoms with van der Waals surface area (Å²) in [7, 11) is 4.77. The zero-order chi connectivity index (χ0) is 18.2. The van der Waals surface area contributed by atoms with Crippen LogP contribution >= 0.6 is 24.0 Å². The van der Waals surface area contributed by atoms with E-state index in [0.29, 0.717) is 24.0 Å². The minimum Gasteiger partial charge on any atom is -0.497 e. The Balaban J connectivity index is 0.00000338. The monoisotopic (exact) mass is 477 g/mol. The maximum Gasteiger partial charge on any atom is 0.191 e. The van der Waals surface area contributed by atoms with Gasteiger partial charge in [0.2, 0.25) is 0 Å². The first-order valence-electron chi connectivity index (χ1n) is 7.66. The summed E-state index contributed by atoms with van der Waals surface area (Å²) in [5, 5.41) is 6.05. The summed E-state index contributed by atoms with van der Waals surface area (Å²) in [6, 6.07) is 8.84. The lowest BCUT2D eigenvalue weighted by atomic mass is 10.2. The van der Waals surface area contributed by atoms with Crippen molar-refractivity contribution in [3.63, 3.8) is 0 Å². The highest BCUT2D eigenvalue weighted by Gasteiger charge is 2.08. The highest BCUT2D eigenvalue weighted by atomic mass is 127. The van der Waals surface area contributed by atoms with Crippen molar-refractivity contribution in [3.05, 3.63) is 59.2 Å². The average Bonchev–Trinajstić information content (AvgIpc) is 2.64. The normalized spacial score (nSPS) is 10.7. The number of ether oxygens (including phenoxy) is 2. The van der Waals surface area contributed by atoms with Crippen LogP contribution in [0.15, 0.2) is 41.4 Å². The molecule has 0 saturated carbocycles. The van der Waals surface area contributed by atoms with Gasteiger partial charge in [-0.15, -0.1) is 24.0 Å². The maximum absolute atomic E-state index is 13.6. The summed E-state index contributed by atoms with van der Waals surface area (Å²) in [5.41, 5.74) is 1.13. The van der Waals surface area contributed by atoms with Crippen LogP contribution in [0.3, 0.4) is 0 Å². The lowest BCUT2D eigenvalue weighted by molar-refractivity contribution is 0.390. The molecule has 2 aromatic rings.